The Morgan fingerprint density at radius 1 is 0.913 bits per heavy atom. The van der Waals surface area contributed by atoms with Crippen molar-refractivity contribution in [2.24, 2.45) is 5.92 Å². The van der Waals surface area contributed by atoms with Gasteiger partial charge in [-0.05, 0) is 89.9 Å². The molecule has 0 saturated heterocycles. The molecule has 17 heteroatoms. The van der Waals surface area contributed by atoms with E-state index < -0.39 is 79.5 Å². The summed E-state index contributed by atoms with van der Waals surface area (Å²) in [6.07, 6.45) is -17.8. The Hall–Kier alpha value is -3.95. The molecule has 1 N–H and O–H groups in total. The van der Waals surface area contributed by atoms with Crippen LogP contribution in [0.25, 0.3) is 0 Å². The zero-order valence-corrected chi connectivity index (χ0v) is 24.8. The highest BCUT2D eigenvalue weighted by Gasteiger charge is 2.73. The molecule has 4 rings (SSSR count). The number of rotatable bonds is 7. The predicted molar refractivity (Wildman–Crippen MR) is 149 cm³/mol. The lowest BCUT2D eigenvalue weighted by molar-refractivity contribution is -0.348. The molecule has 5 nitrogen and oxygen atoms in total. The summed E-state index contributed by atoms with van der Waals surface area (Å²) in [6.45, 7) is -0.0121. The highest BCUT2D eigenvalue weighted by atomic mass is 127. The van der Waals surface area contributed by atoms with Gasteiger partial charge >= 0.3 is 24.2 Å². The van der Waals surface area contributed by atoms with Crippen molar-refractivity contribution in [1.29, 1.82) is 5.26 Å². The number of carbonyl (C=O) groups is 2. The van der Waals surface area contributed by atoms with Crippen molar-refractivity contribution in [3.63, 3.8) is 0 Å². The van der Waals surface area contributed by atoms with Crippen LogP contribution in [0.4, 0.5) is 59.7 Å². The molecule has 0 radical (unpaired) electrons. The first-order chi connectivity index (χ1) is 21.2. The fourth-order valence-corrected chi connectivity index (χ4v) is 5.18. The molecule has 2 amide bonds. The van der Waals surface area contributed by atoms with Crippen LogP contribution >= 0.6 is 22.6 Å². The Morgan fingerprint density at radius 3 is 2.00 bits per heavy atom. The fraction of sp³-hybridized carbons (Fsp3) is 0.276. The quantitative estimate of drug-likeness (QED) is 0.193. The van der Waals surface area contributed by atoms with E-state index in [9.17, 15) is 53.5 Å². The van der Waals surface area contributed by atoms with Crippen molar-refractivity contribution in [3.05, 3.63) is 91.8 Å². The zero-order chi connectivity index (χ0) is 34.4. The first-order valence-electron chi connectivity index (χ1n) is 12.9. The number of nitriles is 1. The minimum absolute atomic E-state index is 0.0121. The summed E-state index contributed by atoms with van der Waals surface area (Å²) in [6, 6.07) is 9.32. The van der Waals surface area contributed by atoms with Crippen LogP contribution in [0.5, 0.6) is 0 Å². The fourth-order valence-electron chi connectivity index (χ4n) is 4.42. The SMILES string of the molecule is N#Cc1ccc(C(=O)N(CC2CC2)c2cccc(C(=O)Nc3c(I)cc(C(F)(C(F)(F)F)C(F)(F)F)cc3C(F)(F)F)c2F)cc1. The van der Waals surface area contributed by atoms with Gasteiger partial charge in [-0.25, -0.2) is 8.78 Å². The van der Waals surface area contributed by atoms with Gasteiger partial charge in [-0.15, -0.1) is 0 Å². The number of benzene rings is 3. The Labute approximate surface area is 266 Å². The van der Waals surface area contributed by atoms with E-state index in [4.69, 9.17) is 5.26 Å². The van der Waals surface area contributed by atoms with Crippen molar-refractivity contribution in [3.8, 4) is 6.07 Å². The van der Waals surface area contributed by atoms with Crippen LogP contribution < -0.4 is 10.2 Å². The molecule has 0 bridgehead atoms. The summed E-state index contributed by atoms with van der Waals surface area (Å²) < 4.78 is 151. The smallest absolute Gasteiger partial charge is 0.320 e. The van der Waals surface area contributed by atoms with Crippen molar-refractivity contribution in [2.75, 3.05) is 16.8 Å². The molecule has 1 fully saturated rings. The number of halogens is 12. The number of carbonyl (C=O) groups excluding carboxylic acids is 2. The van der Waals surface area contributed by atoms with Crippen molar-refractivity contribution < 1.29 is 57.9 Å². The maximum absolute atomic E-state index is 15.8. The van der Waals surface area contributed by atoms with Crippen LogP contribution in [-0.4, -0.2) is 30.7 Å². The third kappa shape index (κ3) is 6.76. The van der Waals surface area contributed by atoms with Crippen LogP contribution in [0.15, 0.2) is 54.6 Å². The molecule has 1 aliphatic rings. The monoisotopic (exact) mass is 775 g/mol. The second-order valence-corrected chi connectivity index (χ2v) is 11.3. The Kier molecular flexibility index (Phi) is 9.37. The Morgan fingerprint density at radius 2 is 1.50 bits per heavy atom. The van der Waals surface area contributed by atoms with Crippen LogP contribution in [0.3, 0.4) is 0 Å². The van der Waals surface area contributed by atoms with Gasteiger partial charge in [-0.1, -0.05) is 6.07 Å². The minimum Gasteiger partial charge on any atom is -0.320 e. The summed E-state index contributed by atoms with van der Waals surface area (Å²) in [5.74, 6) is -3.75. The summed E-state index contributed by atoms with van der Waals surface area (Å²) in [5.41, 5.74) is -13.4. The second kappa shape index (κ2) is 12.3. The maximum Gasteiger partial charge on any atom is 0.435 e. The van der Waals surface area contributed by atoms with Crippen LogP contribution in [-0.2, 0) is 11.8 Å². The first kappa shape index (κ1) is 34.9. The van der Waals surface area contributed by atoms with Crippen LogP contribution in [0.1, 0.15) is 50.2 Å². The lowest BCUT2D eigenvalue weighted by Gasteiger charge is -2.31. The molecule has 0 unspecified atom stereocenters. The minimum atomic E-state index is -6.72. The molecule has 1 aliphatic carbocycles. The number of hydrogen-bond donors (Lipinski definition) is 1. The highest BCUT2D eigenvalue weighted by Crippen LogP contribution is 2.55. The van der Waals surface area contributed by atoms with Gasteiger partial charge in [-0.2, -0.15) is 44.8 Å². The van der Waals surface area contributed by atoms with Gasteiger partial charge in [0, 0.05) is 21.2 Å². The standard InChI is InChI=1S/C29H17F11IN3O2/c30-22-18(2-1-3-21(22)44(13-15-4-5-15)25(46)16-8-6-14(12-42)7-9-16)24(45)43-23-19(27(32,33)34)10-17(11-20(23)41)26(31,28(35,36)37)29(38,39)40/h1-3,6-11,15H,4-5,13H2,(H,43,45). The molecule has 3 aromatic carbocycles. The number of amides is 2. The van der Waals surface area contributed by atoms with Gasteiger partial charge in [0.05, 0.1) is 34.1 Å². The zero-order valence-electron chi connectivity index (χ0n) is 22.6. The normalized spacial score (nSPS) is 14.1. The maximum atomic E-state index is 15.8. The molecular weight excluding hydrogens is 758 g/mol. The van der Waals surface area contributed by atoms with Gasteiger partial charge in [0.1, 0.15) is 0 Å². The predicted octanol–water partition coefficient (Wildman–Crippen LogP) is 8.92. The molecule has 0 atom stereocenters. The van der Waals surface area contributed by atoms with E-state index in [2.05, 4.69) is 0 Å². The molecule has 0 spiro atoms. The van der Waals surface area contributed by atoms with Gasteiger partial charge in [0.25, 0.3) is 11.8 Å². The number of anilines is 2. The topological polar surface area (TPSA) is 73.2 Å². The number of hydrogen-bond acceptors (Lipinski definition) is 3. The van der Waals surface area contributed by atoms with Crippen molar-refractivity contribution in [1.82, 2.24) is 0 Å². The lowest BCUT2D eigenvalue weighted by Crippen LogP contribution is -2.50. The van der Waals surface area contributed by atoms with Gasteiger partial charge in [-0.3, -0.25) is 9.59 Å². The molecule has 0 aromatic heterocycles. The van der Waals surface area contributed by atoms with Gasteiger partial charge in [0.15, 0.2) is 5.82 Å². The number of nitrogens with zero attached hydrogens (tertiary/aromatic N) is 2. The average Bonchev–Trinajstić information content (AvgIpc) is 3.79. The van der Waals surface area contributed by atoms with Crippen molar-refractivity contribution >= 4 is 45.8 Å². The van der Waals surface area contributed by atoms with E-state index in [0.29, 0.717) is 12.8 Å². The third-order valence-electron chi connectivity index (χ3n) is 6.97. The molecule has 0 aliphatic heterocycles. The number of nitrogens with one attached hydrogen (secondary N) is 1. The van der Waals surface area contributed by atoms with Crippen LogP contribution in [0, 0.1) is 26.6 Å². The third-order valence-corrected chi connectivity index (χ3v) is 7.82. The Balaban J connectivity index is 1.76. The largest absolute Gasteiger partial charge is 0.435 e. The molecule has 0 heterocycles. The first-order valence-corrected chi connectivity index (χ1v) is 13.9. The molecule has 1 saturated carbocycles. The van der Waals surface area contributed by atoms with Crippen LogP contribution in [0.2, 0.25) is 0 Å². The van der Waals surface area contributed by atoms with E-state index in [1.165, 1.54) is 24.3 Å². The molecular formula is C29H17F11IN3O2. The lowest BCUT2D eigenvalue weighted by atomic mass is 9.92. The van der Waals surface area contributed by atoms with E-state index in [0.717, 1.165) is 45.7 Å². The molecule has 46 heavy (non-hydrogen) atoms. The summed E-state index contributed by atoms with van der Waals surface area (Å²) in [7, 11) is 0. The highest BCUT2D eigenvalue weighted by molar-refractivity contribution is 14.1. The van der Waals surface area contributed by atoms with E-state index in [-0.39, 0.29) is 29.7 Å². The van der Waals surface area contributed by atoms with Gasteiger partial charge < -0.3 is 10.2 Å². The van der Waals surface area contributed by atoms with E-state index >= 15 is 4.39 Å². The molecule has 3 aromatic rings. The van der Waals surface area contributed by atoms with Gasteiger partial charge in [0.2, 0.25) is 0 Å². The average molecular weight is 775 g/mol. The number of alkyl halides is 10. The summed E-state index contributed by atoms with van der Waals surface area (Å²) >= 11 is 0.884. The van der Waals surface area contributed by atoms with Crippen molar-refractivity contribution in [2.45, 2.75) is 37.0 Å². The second-order valence-electron chi connectivity index (χ2n) is 10.2. The van der Waals surface area contributed by atoms with E-state index in [1.807, 2.05) is 6.07 Å². The summed E-state index contributed by atoms with van der Waals surface area (Å²) in [4.78, 5) is 27.4. The summed E-state index contributed by atoms with van der Waals surface area (Å²) in [5, 5.41) is 10.7. The molecule has 244 valence electrons. The van der Waals surface area contributed by atoms with E-state index in [1.54, 1.807) is 5.32 Å². The Bertz CT molecular complexity index is 1690.